The van der Waals surface area contributed by atoms with E-state index in [-0.39, 0.29) is 29.8 Å². The van der Waals surface area contributed by atoms with Crippen LogP contribution in [0.15, 0.2) is 29.2 Å². The van der Waals surface area contributed by atoms with E-state index in [1.165, 1.54) is 12.1 Å². The number of sulfonamides is 1. The van der Waals surface area contributed by atoms with E-state index in [9.17, 15) is 13.2 Å². The molecule has 2 rings (SSSR count). The van der Waals surface area contributed by atoms with Crippen LogP contribution < -0.4 is 4.72 Å². The van der Waals surface area contributed by atoms with Crippen molar-refractivity contribution in [3.63, 3.8) is 0 Å². The Morgan fingerprint density at radius 2 is 2.17 bits per heavy atom. The van der Waals surface area contributed by atoms with Crippen molar-refractivity contribution in [2.45, 2.75) is 44.0 Å². The van der Waals surface area contributed by atoms with E-state index in [0.29, 0.717) is 10.9 Å². The van der Waals surface area contributed by atoms with Gasteiger partial charge in [-0.05, 0) is 37.0 Å². The molecule has 0 saturated carbocycles. The molecule has 5 nitrogen and oxygen atoms in total. The average molecular weight is 359 g/mol. The van der Waals surface area contributed by atoms with E-state index < -0.39 is 10.0 Å². The summed E-state index contributed by atoms with van der Waals surface area (Å²) in [6, 6.07) is 6.34. The van der Waals surface area contributed by atoms with Crippen LogP contribution in [0.5, 0.6) is 0 Å². The normalized spacial score (nSPS) is 21.6. The summed E-state index contributed by atoms with van der Waals surface area (Å²) >= 11 is 5.81. The number of nitrogens with one attached hydrogen (secondary N) is 1. The Balaban J connectivity index is 1.90. The van der Waals surface area contributed by atoms with Gasteiger partial charge in [-0.1, -0.05) is 31.5 Å². The third kappa shape index (κ3) is 4.68. The van der Waals surface area contributed by atoms with Crippen LogP contribution in [-0.2, 0) is 14.8 Å². The maximum absolute atomic E-state index is 12.3. The van der Waals surface area contributed by atoms with Crippen LogP contribution in [0.2, 0.25) is 5.02 Å². The highest BCUT2D eigenvalue weighted by atomic mass is 35.5. The maximum atomic E-state index is 12.3. The molecule has 0 bridgehead atoms. The lowest BCUT2D eigenvalue weighted by Gasteiger charge is -2.23. The molecule has 1 amide bonds. The zero-order valence-electron chi connectivity index (χ0n) is 13.5. The number of nitrogens with zero attached hydrogens (tertiary/aromatic N) is 1. The Morgan fingerprint density at radius 1 is 1.43 bits per heavy atom. The molecule has 0 unspecified atom stereocenters. The molecule has 1 aliphatic rings. The SMILES string of the molecule is CC[C@H]1C[C@H](C)CN1C(=O)CCNS(=O)(=O)c1cccc(Cl)c1. The van der Waals surface area contributed by atoms with Crippen molar-refractivity contribution in [2.24, 2.45) is 5.92 Å². The van der Waals surface area contributed by atoms with Crippen molar-refractivity contribution in [1.29, 1.82) is 0 Å². The molecule has 1 fully saturated rings. The summed E-state index contributed by atoms with van der Waals surface area (Å²) in [5, 5.41) is 0.362. The van der Waals surface area contributed by atoms with E-state index >= 15 is 0 Å². The molecular formula is C16H23ClN2O3S. The van der Waals surface area contributed by atoms with Gasteiger partial charge in [0.25, 0.3) is 0 Å². The second-order valence-electron chi connectivity index (χ2n) is 6.05. The topological polar surface area (TPSA) is 66.5 Å². The van der Waals surface area contributed by atoms with Gasteiger partial charge in [-0.3, -0.25) is 4.79 Å². The molecule has 0 spiro atoms. The summed E-state index contributed by atoms with van der Waals surface area (Å²) in [6.45, 7) is 5.07. The van der Waals surface area contributed by atoms with Crippen LogP contribution in [0, 0.1) is 5.92 Å². The minimum atomic E-state index is -3.64. The minimum Gasteiger partial charge on any atom is -0.339 e. The quantitative estimate of drug-likeness (QED) is 0.850. The minimum absolute atomic E-state index is 0.00925. The third-order valence-corrected chi connectivity index (χ3v) is 5.85. The van der Waals surface area contributed by atoms with Gasteiger partial charge in [-0.25, -0.2) is 13.1 Å². The predicted molar refractivity (Wildman–Crippen MR) is 90.8 cm³/mol. The predicted octanol–water partition coefficient (Wildman–Crippen LogP) is 2.66. The lowest BCUT2D eigenvalue weighted by atomic mass is 10.1. The van der Waals surface area contributed by atoms with Gasteiger partial charge in [0.05, 0.1) is 4.90 Å². The summed E-state index contributed by atoms with van der Waals surface area (Å²) in [5.41, 5.74) is 0. The molecule has 1 aromatic rings. The van der Waals surface area contributed by atoms with Crippen LogP contribution in [0.3, 0.4) is 0 Å². The third-order valence-electron chi connectivity index (χ3n) is 4.15. The fourth-order valence-electron chi connectivity index (χ4n) is 3.00. The van der Waals surface area contributed by atoms with Gasteiger partial charge in [0.1, 0.15) is 0 Å². The summed E-state index contributed by atoms with van der Waals surface area (Å²) in [5.74, 6) is 0.516. The van der Waals surface area contributed by atoms with Crippen molar-refractivity contribution in [3.05, 3.63) is 29.3 Å². The van der Waals surface area contributed by atoms with Gasteiger partial charge in [0.15, 0.2) is 0 Å². The van der Waals surface area contributed by atoms with Crippen molar-refractivity contribution in [3.8, 4) is 0 Å². The molecule has 0 aliphatic carbocycles. The Morgan fingerprint density at radius 3 is 2.83 bits per heavy atom. The number of hydrogen-bond acceptors (Lipinski definition) is 3. The maximum Gasteiger partial charge on any atom is 0.240 e. The molecule has 128 valence electrons. The van der Waals surface area contributed by atoms with E-state index in [1.807, 2.05) is 4.90 Å². The van der Waals surface area contributed by atoms with Gasteiger partial charge >= 0.3 is 0 Å². The Bertz CT molecular complexity index is 663. The van der Waals surface area contributed by atoms with Crippen molar-refractivity contribution >= 4 is 27.5 Å². The molecule has 0 radical (unpaired) electrons. The number of likely N-dealkylation sites (tertiary alicyclic amines) is 1. The van der Waals surface area contributed by atoms with Crippen LogP contribution >= 0.6 is 11.6 Å². The van der Waals surface area contributed by atoms with Crippen molar-refractivity contribution < 1.29 is 13.2 Å². The highest BCUT2D eigenvalue weighted by Crippen LogP contribution is 2.25. The van der Waals surface area contributed by atoms with Crippen LogP contribution in [0.1, 0.15) is 33.1 Å². The lowest BCUT2D eigenvalue weighted by Crippen LogP contribution is -2.37. The number of benzene rings is 1. The molecule has 23 heavy (non-hydrogen) atoms. The van der Waals surface area contributed by atoms with E-state index in [4.69, 9.17) is 11.6 Å². The number of amides is 1. The second-order valence-corrected chi connectivity index (χ2v) is 8.26. The first-order valence-corrected chi connectivity index (χ1v) is 9.74. The van der Waals surface area contributed by atoms with E-state index in [0.717, 1.165) is 19.4 Å². The number of carbonyl (C=O) groups is 1. The van der Waals surface area contributed by atoms with Gasteiger partial charge in [0.2, 0.25) is 15.9 Å². The standard InChI is InChI=1S/C16H23ClN2O3S/c1-3-14-9-12(2)11-19(14)16(20)7-8-18-23(21,22)15-6-4-5-13(17)10-15/h4-6,10,12,14,18H,3,7-9,11H2,1-2H3/t12-,14-/m0/s1. The molecule has 1 N–H and O–H groups in total. The van der Waals surface area contributed by atoms with Gasteiger partial charge in [-0.15, -0.1) is 0 Å². The highest BCUT2D eigenvalue weighted by molar-refractivity contribution is 7.89. The summed E-state index contributed by atoms with van der Waals surface area (Å²) in [6.07, 6.45) is 2.13. The smallest absolute Gasteiger partial charge is 0.240 e. The van der Waals surface area contributed by atoms with Crippen molar-refractivity contribution in [1.82, 2.24) is 9.62 Å². The molecule has 0 aromatic heterocycles. The number of rotatable bonds is 6. The zero-order valence-corrected chi connectivity index (χ0v) is 15.0. The molecule has 1 saturated heterocycles. The average Bonchev–Trinajstić information content (AvgIpc) is 2.88. The first-order valence-electron chi connectivity index (χ1n) is 7.88. The largest absolute Gasteiger partial charge is 0.339 e. The van der Waals surface area contributed by atoms with E-state index in [2.05, 4.69) is 18.6 Å². The Kier molecular flexibility index (Phi) is 6.06. The zero-order chi connectivity index (χ0) is 17.0. The molecule has 2 atom stereocenters. The van der Waals surface area contributed by atoms with Crippen LogP contribution in [0.4, 0.5) is 0 Å². The molecule has 1 heterocycles. The molecule has 1 aliphatic heterocycles. The molecular weight excluding hydrogens is 336 g/mol. The summed E-state index contributed by atoms with van der Waals surface area (Å²) in [7, 11) is -3.64. The van der Waals surface area contributed by atoms with Crippen LogP contribution in [0.25, 0.3) is 0 Å². The fraction of sp³-hybridized carbons (Fsp3) is 0.562. The number of halogens is 1. The van der Waals surface area contributed by atoms with Gasteiger partial charge in [-0.2, -0.15) is 0 Å². The lowest BCUT2D eigenvalue weighted by molar-refractivity contribution is -0.132. The molecule has 7 heteroatoms. The van der Waals surface area contributed by atoms with Crippen LogP contribution in [-0.4, -0.2) is 38.4 Å². The fourth-order valence-corrected chi connectivity index (χ4v) is 4.33. The Labute approximate surface area is 143 Å². The Hall–Kier alpha value is -1.11. The van der Waals surface area contributed by atoms with Crippen molar-refractivity contribution in [2.75, 3.05) is 13.1 Å². The highest BCUT2D eigenvalue weighted by Gasteiger charge is 2.31. The van der Waals surface area contributed by atoms with Gasteiger partial charge < -0.3 is 4.90 Å². The molecule has 1 aromatic carbocycles. The second kappa shape index (κ2) is 7.64. The number of hydrogen-bond donors (Lipinski definition) is 1. The monoisotopic (exact) mass is 358 g/mol. The first kappa shape index (κ1) is 18.2. The summed E-state index contributed by atoms with van der Waals surface area (Å²) < 4.78 is 26.8. The number of carbonyl (C=O) groups excluding carboxylic acids is 1. The van der Waals surface area contributed by atoms with Gasteiger partial charge in [0, 0.05) is 30.6 Å². The first-order chi connectivity index (χ1) is 10.8. The summed E-state index contributed by atoms with van der Waals surface area (Å²) in [4.78, 5) is 14.3. The van der Waals surface area contributed by atoms with E-state index in [1.54, 1.807) is 12.1 Å².